The Hall–Kier alpha value is -2.99. The van der Waals surface area contributed by atoms with Gasteiger partial charge >= 0.3 is 0 Å². The number of benzene rings is 2. The number of aromatic nitrogens is 1. The Bertz CT molecular complexity index is 1060. The second-order valence-corrected chi connectivity index (χ2v) is 6.66. The zero-order chi connectivity index (χ0) is 19.0. The van der Waals surface area contributed by atoms with E-state index in [1.807, 2.05) is 19.2 Å². The van der Waals surface area contributed by atoms with Gasteiger partial charge in [0.15, 0.2) is 0 Å². The van der Waals surface area contributed by atoms with Crippen LogP contribution in [-0.4, -0.2) is 35.1 Å². The molecule has 0 spiro atoms. The number of fused-ring (bicyclic) bond motifs is 1. The molecule has 3 aromatic rings. The maximum absolute atomic E-state index is 13.1. The van der Waals surface area contributed by atoms with Crippen LogP contribution >= 0.6 is 0 Å². The second-order valence-electron chi connectivity index (χ2n) is 6.66. The van der Waals surface area contributed by atoms with Gasteiger partial charge in [-0.1, -0.05) is 24.3 Å². The van der Waals surface area contributed by atoms with Crippen molar-refractivity contribution in [1.82, 2.24) is 9.47 Å². The Balaban J connectivity index is 1.64. The highest BCUT2D eigenvalue weighted by Crippen LogP contribution is 2.23. The molecule has 0 unspecified atom stereocenters. The Kier molecular flexibility index (Phi) is 4.49. The summed E-state index contributed by atoms with van der Waals surface area (Å²) in [5.41, 5.74) is 1.47. The summed E-state index contributed by atoms with van der Waals surface area (Å²) in [5, 5.41) is 0.522. The molecule has 0 bridgehead atoms. The minimum Gasteiger partial charge on any atom is -0.370 e. The molecule has 1 fully saturated rings. The monoisotopic (exact) mass is 366 g/mol. The van der Waals surface area contributed by atoms with Crippen molar-refractivity contribution >= 4 is 16.8 Å². The normalized spacial score (nSPS) is 17.3. The first kappa shape index (κ1) is 17.4. The van der Waals surface area contributed by atoms with E-state index < -0.39 is 0 Å². The summed E-state index contributed by atoms with van der Waals surface area (Å²) >= 11 is 0. The number of amides is 1. The predicted octanol–water partition coefficient (Wildman–Crippen LogP) is 2.89. The highest BCUT2D eigenvalue weighted by molar-refractivity contribution is 5.97. The molecular formula is C21H19FN2O3. The summed E-state index contributed by atoms with van der Waals surface area (Å²) in [6.45, 7) is 1.09. The van der Waals surface area contributed by atoms with Crippen molar-refractivity contribution in [3.05, 3.63) is 81.9 Å². The number of aryl methyl sites for hydroxylation is 1. The molecule has 0 saturated carbocycles. The molecule has 27 heavy (non-hydrogen) atoms. The Morgan fingerprint density at radius 1 is 1.15 bits per heavy atom. The molecular weight excluding hydrogens is 347 g/mol. The maximum Gasteiger partial charge on any atom is 0.259 e. The molecule has 1 saturated heterocycles. The maximum atomic E-state index is 13.1. The number of morpholine rings is 1. The van der Waals surface area contributed by atoms with Crippen LogP contribution in [0, 0.1) is 5.82 Å². The summed E-state index contributed by atoms with van der Waals surface area (Å²) in [4.78, 5) is 27.5. The molecule has 1 amide bonds. The lowest BCUT2D eigenvalue weighted by molar-refractivity contribution is -0.0229. The van der Waals surface area contributed by atoms with Gasteiger partial charge < -0.3 is 14.2 Å². The van der Waals surface area contributed by atoms with Crippen LogP contribution in [0.4, 0.5) is 4.39 Å². The van der Waals surface area contributed by atoms with Gasteiger partial charge in [0.1, 0.15) is 17.5 Å². The van der Waals surface area contributed by atoms with Crippen molar-refractivity contribution in [3.63, 3.8) is 0 Å². The number of carbonyl (C=O) groups is 1. The highest BCUT2D eigenvalue weighted by atomic mass is 19.1. The van der Waals surface area contributed by atoms with Gasteiger partial charge in [-0.05, 0) is 29.8 Å². The first-order chi connectivity index (χ1) is 13.0. The van der Waals surface area contributed by atoms with E-state index in [-0.39, 0.29) is 28.8 Å². The molecule has 2 aromatic carbocycles. The highest BCUT2D eigenvalue weighted by Gasteiger charge is 2.28. The smallest absolute Gasteiger partial charge is 0.259 e. The van der Waals surface area contributed by atoms with Crippen LogP contribution in [0.15, 0.2) is 59.5 Å². The number of ether oxygens (including phenoxy) is 1. The van der Waals surface area contributed by atoms with Crippen molar-refractivity contribution in [3.8, 4) is 0 Å². The van der Waals surface area contributed by atoms with Gasteiger partial charge in [0.2, 0.25) is 5.43 Å². The van der Waals surface area contributed by atoms with E-state index in [2.05, 4.69) is 0 Å². The molecule has 0 N–H and O–H groups in total. The van der Waals surface area contributed by atoms with E-state index in [9.17, 15) is 14.0 Å². The fourth-order valence-corrected chi connectivity index (χ4v) is 3.48. The first-order valence-electron chi connectivity index (χ1n) is 8.79. The third kappa shape index (κ3) is 3.24. The van der Waals surface area contributed by atoms with Crippen LogP contribution < -0.4 is 5.43 Å². The van der Waals surface area contributed by atoms with E-state index in [0.29, 0.717) is 25.1 Å². The summed E-state index contributed by atoms with van der Waals surface area (Å²) in [6.07, 6.45) is 1.25. The number of hydrogen-bond acceptors (Lipinski definition) is 3. The lowest BCUT2D eigenvalue weighted by Crippen LogP contribution is -2.43. The molecule has 1 aliphatic rings. The number of nitrogens with zero attached hydrogens (tertiary/aromatic N) is 2. The van der Waals surface area contributed by atoms with Crippen molar-refractivity contribution in [2.75, 3.05) is 19.7 Å². The van der Waals surface area contributed by atoms with E-state index in [1.54, 1.807) is 39.9 Å². The van der Waals surface area contributed by atoms with Crippen LogP contribution in [0.2, 0.25) is 0 Å². The summed E-state index contributed by atoms with van der Waals surface area (Å²) in [7, 11) is 1.82. The van der Waals surface area contributed by atoms with Gasteiger partial charge in [-0.25, -0.2) is 4.39 Å². The SMILES string of the molecule is Cn1cc(C(=O)N2CCO[C@H](c3ccc(F)cc3)C2)c(=O)c2ccccc21. The molecule has 0 aliphatic carbocycles. The van der Waals surface area contributed by atoms with Crippen LogP contribution in [0.5, 0.6) is 0 Å². The molecule has 138 valence electrons. The number of halogens is 1. The number of rotatable bonds is 2. The molecule has 1 aliphatic heterocycles. The zero-order valence-corrected chi connectivity index (χ0v) is 14.9. The van der Waals surface area contributed by atoms with E-state index in [1.165, 1.54) is 12.1 Å². The van der Waals surface area contributed by atoms with Gasteiger partial charge in [0.05, 0.1) is 18.7 Å². The van der Waals surface area contributed by atoms with Crippen LogP contribution in [-0.2, 0) is 11.8 Å². The van der Waals surface area contributed by atoms with Crippen LogP contribution in [0.3, 0.4) is 0 Å². The molecule has 4 rings (SSSR count). The van der Waals surface area contributed by atoms with Crippen molar-refractivity contribution in [2.45, 2.75) is 6.10 Å². The summed E-state index contributed by atoms with van der Waals surface area (Å²) < 4.78 is 20.7. The fourth-order valence-electron chi connectivity index (χ4n) is 3.48. The van der Waals surface area contributed by atoms with E-state index >= 15 is 0 Å². The average molecular weight is 366 g/mol. The predicted molar refractivity (Wildman–Crippen MR) is 100 cm³/mol. The van der Waals surface area contributed by atoms with Crippen LogP contribution in [0.25, 0.3) is 10.9 Å². The Labute approximate surface area is 155 Å². The van der Waals surface area contributed by atoms with Crippen LogP contribution in [0.1, 0.15) is 22.0 Å². The largest absolute Gasteiger partial charge is 0.370 e. The van der Waals surface area contributed by atoms with Crippen molar-refractivity contribution in [2.24, 2.45) is 7.05 Å². The summed E-state index contributed by atoms with van der Waals surface area (Å²) in [5.74, 6) is -0.626. The molecule has 0 radical (unpaired) electrons. The van der Waals surface area contributed by atoms with Gasteiger partial charge in [0, 0.05) is 25.2 Å². The minimum absolute atomic E-state index is 0.149. The lowest BCUT2D eigenvalue weighted by Gasteiger charge is -2.33. The van der Waals surface area contributed by atoms with Gasteiger partial charge in [0.25, 0.3) is 5.91 Å². The van der Waals surface area contributed by atoms with Crippen molar-refractivity contribution in [1.29, 1.82) is 0 Å². The molecule has 5 nitrogen and oxygen atoms in total. The van der Waals surface area contributed by atoms with E-state index in [0.717, 1.165) is 11.1 Å². The fraction of sp³-hybridized carbons (Fsp3) is 0.238. The van der Waals surface area contributed by atoms with Gasteiger partial charge in [-0.2, -0.15) is 0 Å². The quantitative estimate of drug-likeness (QED) is 0.701. The van der Waals surface area contributed by atoms with E-state index in [4.69, 9.17) is 4.74 Å². The number of hydrogen-bond donors (Lipinski definition) is 0. The average Bonchev–Trinajstić information content (AvgIpc) is 2.71. The van der Waals surface area contributed by atoms with Crippen molar-refractivity contribution < 1.29 is 13.9 Å². The number of carbonyl (C=O) groups excluding carboxylic acids is 1. The first-order valence-corrected chi connectivity index (χ1v) is 8.79. The standard InChI is InChI=1S/C21H19FN2O3/c1-23-12-17(20(25)16-4-2-3-5-18(16)23)21(26)24-10-11-27-19(13-24)14-6-8-15(22)9-7-14/h2-9,12,19H,10-11,13H2,1H3/t19-/m0/s1. The molecule has 1 aromatic heterocycles. The Morgan fingerprint density at radius 2 is 1.89 bits per heavy atom. The summed E-state index contributed by atoms with van der Waals surface area (Å²) in [6, 6.07) is 13.3. The lowest BCUT2D eigenvalue weighted by atomic mass is 10.1. The third-order valence-corrected chi connectivity index (χ3v) is 4.92. The molecule has 6 heteroatoms. The number of para-hydroxylation sites is 1. The third-order valence-electron chi connectivity index (χ3n) is 4.92. The topological polar surface area (TPSA) is 51.5 Å². The number of pyridine rings is 1. The van der Waals surface area contributed by atoms with Gasteiger partial charge in [-0.3, -0.25) is 9.59 Å². The minimum atomic E-state index is -0.340. The zero-order valence-electron chi connectivity index (χ0n) is 14.9. The Morgan fingerprint density at radius 3 is 2.67 bits per heavy atom. The van der Waals surface area contributed by atoms with Gasteiger partial charge in [-0.15, -0.1) is 0 Å². The molecule has 1 atom stereocenters. The second kappa shape index (κ2) is 6.96. The molecule has 2 heterocycles.